The van der Waals surface area contributed by atoms with Crippen LogP contribution in [0.2, 0.25) is 0 Å². The van der Waals surface area contributed by atoms with E-state index in [4.69, 9.17) is 0 Å². The molecule has 27 heavy (non-hydrogen) atoms. The second kappa shape index (κ2) is 8.79. The van der Waals surface area contributed by atoms with Crippen LogP contribution in [0, 0.1) is 6.92 Å². The van der Waals surface area contributed by atoms with E-state index in [0.29, 0.717) is 30.1 Å². The van der Waals surface area contributed by atoms with Crippen molar-refractivity contribution in [1.82, 2.24) is 21.5 Å². The molecule has 1 heterocycles. The van der Waals surface area contributed by atoms with Gasteiger partial charge in [-0.2, -0.15) is 0 Å². The lowest BCUT2D eigenvalue weighted by Gasteiger charge is -2.13. The third kappa shape index (κ3) is 4.72. The van der Waals surface area contributed by atoms with Gasteiger partial charge in [0.1, 0.15) is 0 Å². The van der Waals surface area contributed by atoms with Gasteiger partial charge in [0.15, 0.2) is 0 Å². The van der Waals surface area contributed by atoms with Crippen LogP contribution in [0.5, 0.6) is 0 Å². The molecule has 142 valence electrons. The molecular weight excluding hydrogens is 340 g/mol. The number of hydrogen-bond acceptors (Lipinski definition) is 4. The first-order valence-electron chi connectivity index (χ1n) is 9.30. The van der Waals surface area contributed by atoms with Crippen LogP contribution in [0.15, 0.2) is 42.5 Å². The van der Waals surface area contributed by atoms with Gasteiger partial charge in [-0.25, -0.2) is 0 Å². The molecule has 1 aliphatic heterocycles. The van der Waals surface area contributed by atoms with Gasteiger partial charge in [0, 0.05) is 43.2 Å². The van der Waals surface area contributed by atoms with Crippen molar-refractivity contribution < 1.29 is 9.59 Å². The van der Waals surface area contributed by atoms with Crippen molar-refractivity contribution in [2.24, 2.45) is 0 Å². The first-order valence-corrected chi connectivity index (χ1v) is 9.30. The van der Waals surface area contributed by atoms with Crippen LogP contribution >= 0.6 is 0 Å². The largest absolute Gasteiger partial charge is 0.352 e. The summed E-state index contributed by atoms with van der Waals surface area (Å²) < 4.78 is 0. The smallest absolute Gasteiger partial charge is 0.251 e. The van der Waals surface area contributed by atoms with Crippen molar-refractivity contribution in [2.75, 3.05) is 19.6 Å². The van der Waals surface area contributed by atoms with E-state index in [-0.39, 0.29) is 11.8 Å². The summed E-state index contributed by atoms with van der Waals surface area (Å²) in [6, 6.07) is 13.2. The molecular formula is C21H26N4O2. The molecule has 0 saturated carbocycles. The SMILES string of the molecule is CCNC(=O)c1cccc(CNC(=O)c2ccc(C3CNNC3)c(C)c2)c1. The quantitative estimate of drug-likeness (QED) is 0.629. The van der Waals surface area contributed by atoms with E-state index in [1.807, 2.05) is 44.2 Å². The molecule has 6 heteroatoms. The van der Waals surface area contributed by atoms with Gasteiger partial charge in [-0.3, -0.25) is 20.4 Å². The van der Waals surface area contributed by atoms with Gasteiger partial charge in [0.05, 0.1) is 0 Å². The molecule has 0 atom stereocenters. The Labute approximate surface area is 159 Å². The van der Waals surface area contributed by atoms with Gasteiger partial charge in [-0.05, 0) is 54.8 Å². The summed E-state index contributed by atoms with van der Waals surface area (Å²) in [5, 5.41) is 5.71. The highest BCUT2D eigenvalue weighted by Gasteiger charge is 2.19. The highest BCUT2D eigenvalue weighted by atomic mass is 16.2. The highest BCUT2D eigenvalue weighted by molar-refractivity contribution is 5.95. The summed E-state index contributed by atoms with van der Waals surface area (Å²) in [5.41, 5.74) is 10.8. The molecule has 1 fully saturated rings. The molecule has 3 rings (SSSR count). The Bertz CT molecular complexity index is 829. The van der Waals surface area contributed by atoms with E-state index >= 15 is 0 Å². The fraction of sp³-hybridized carbons (Fsp3) is 0.333. The normalized spacial score (nSPS) is 14.1. The van der Waals surface area contributed by atoms with Gasteiger partial charge >= 0.3 is 0 Å². The summed E-state index contributed by atoms with van der Waals surface area (Å²) in [4.78, 5) is 24.4. The topological polar surface area (TPSA) is 82.3 Å². The number of nitrogens with one attached hydrogen (secondary N) is 4. The van der Waals surface area contributed by atoms with E-state index in [1.165, 1.54) is 5.56 Å². The molecule has 2 amide bonds. The van der Waals surface area contributed by atoms with E-state index in [2.05, 4.69) is 21.5 Å². The van der Waals surface area contributed by atoms with Gasteiger partial charge in [0.2, 0.25) is 0 Å². The molecule has 0 radical (unpaired) electrons. The van der Waals surface area contributed by atoms with Gasteiger partial charge < -0.3 is 10.6 Å². The minimum absolute atomic E-state index is 0.104. The number of aryl methyl sites for hydroxylation is 1. The molecule has 6 nitrogen and oxygen atoms in total. The van der Waals surface area contributed by atoms with Crippen LogP contribution in [0.1, 0.15) is 50.2 Å². The Morgan fingerprint density at radius 2 is 1.70 bits per heavy atom. The number of carbonyl (C=O) groups is 2. The molecule has 4 N–H and O–H groups in total. The van der Waals surface area contributed by atoms with Crippen molar-refractivity contribution in [3.8, 4) is 0 Å². The summed E-state index contributed by atoms with van der Waals surface area (Å²) in [6.07, 6.45) is 0. The lowest BCUT2D eigenvalue weighted by Crippen LogP contribution is -2.24. The highest BCUT2D eigenvalue weighted by Crippen LogP contribution is 2.22. The number of rotatable bonds is 6. The zero-order valence-electron chi connectivity index (χ0n) is 15.8. The molecule has 0 unspecified atom stereocenters. The van der Waals surface area contributed by atoms with Crippen molar-refractivity contribution in [1.29, 1.82) is 0 Å². The van der Waals surface area contributed by atoms with E-state index in [9.17, 15) is 9.59 Å². The molecule has 1 aliphatic rings. The maximum Gasteiger partial charge on any atom is 0.251 e. The molecule has 0 aromatic heterocycles. The molecule has 0 spiro atoms. The Kier molecular flexibility index (Phi) is 6.21. The van der Waals surface area contributed by atoms with Crippen molar-refractivity contribution in [3.05, 3.63) is 70.3 Å². The Morgan fingerprint density at radius 3 is 2.41 bits per heavy atom. The lowest BCUT2D eigenvalue weighted by molar-refractivity contribution is 0.0947. The van der Waals surface area contributed by atoms with Crippen molar-refractivity contribution in [3.63, 3.8) is 0 Å². The van der Waals surface area contributed by atoms with Crippen LogP contribution < -0.4 is 21.5 Å². The van der Waals surface area contributed by atoms with Crippen molar-refractivity contribution >= 4 is 11.8 Å². The number of carbonyl (C=O) groups excluding carboxylic acids is 2. The fourth-order valence-electron chi connectivity index (χ4n) is 3.33. The maximum absolute atomic E-state index is 12.5. The van der Waals surface area contributed by atoms with Crippen LogP contribution in [-0.2, 0) is 6.54 Å². The first kappa shape index (κ1) is 19.1. The van der Waals surface area contributed by atoms with Gasteiger partial charge in [0.25, 0.3) is 11.8 Å². The summed E-state index contributed by atoms with van der Waals surface area (Å²) in [7, 11) is 0. The average molecular weight is 366 g/mol. The standard InChI is InChI=1S/C21H26N4O2/c1-3-22-20(26)16-6-4-5-15(10-16)11-23-21(27)17-7-8-19(14(2)9-17)18-12-24-25-13-18/h4-10,18,24-25H,3,11-13H2,1-2H3,(H,22,26)(H,23,27). The van der Waals surface area contributed by atoms with Crippen LogP contribution in [0.4, 0.5) is 0 Å². The second-order valence-corrected chi connectivity index (χ2v) is 6.77. The predicted molar refractivity (Wildman–Crippen MR) is 106 cm³/mol. The number of hydrazine groups is 1. The number of amides is 2. The zero-order valence-corrected chi connectivity index (χ0v) is 15.8. The van der Waals surface area contributed by atoms with Crippen LogP contribution in [-0.4, -0.2) is 31.4 Å². The number of benzene rings is 2. The maximum atomic E-state index is 12.5. The zero-order chi connectivity index (χ0) is 19.2. The average Bonchev–Trinajstić information content (AvgIpc) is 3.21. The van der Waals surface area contributed by atoms with E-state index < -0.39 is 0 Å². The molecule has 0 aliphatic carbocycles. The van der Waals surface area contributed by atoms with Crippen molar-refractivity contribution in [2.45, 2.75) is 26.3 Å². The summed E-state index contributed by atoms with van der Waals surface area (Å²) in [6.45, 7) is 6.68. The molecule has 0 bridgehead atoms. The minimum atomic E-state index is -0.115. The summed E-state index contributed by atoms with van der Waals surface area (Å²) in [5.74, 6) is 0.211. The fourth-order valence-corrected chi connectivity index (χ4v) is 3.33. The minimum Gasteiger partial charge on any atom is -0.352 e. The Balaban J connectivity index is 1.63. The van der Waals surface area contributed by atoms with Gasteiger partial charge in [-0.1, -0.05) is 18.2 Å². The lowest BCUT2D eigenvalue weighted by atomic mass is 9.94. The monoisotopic (exact) mass is 366 g/mol. The van der Waals surface area contributed by atoms with Gasteiger partial charge in [-0.15, -0.1) is 0 Å². The van der Waals surface area contributed by atoms with Crippen LogP contribution in [0.25, 0.3) is 0 Å². The Hall–Kier alpha value is -2.70. The third-order valence-corrected chi connectivity index (χ3v) is 4.77. The number of hydrogen-bond donors (Lipinski definition) is 4. The predicted octanol–water partition coefficient (Wildman–Crippen LogP) is 1.87. The third-order valence-electron chi connectivity index (χ3n) is 4.77. The first-order chi connectivity index (χ1) is 13.1. The summed E-state index contributed by atoms with van der Waals surface area (Å²) >= 11 is 0. The second-order valence-electron chi connectivity index (χ2n) is 6.77. The molecule has 2 aromatic carbocycles. The molecule has 1 saturated heterocycles. The van der Waals surface area contributed by atoms with Crippen LogP contribution in [0.3, 0.4) is 0 Å². The Morgan fingerprint density at radius 1 is 1.00 bits per heavy atom. The molecule has 2 aromatic rings. The van der Waals surface area contributed by atoms with E-state index in [1.54, 1.807) is 12.1 Å². The van der Waals surface area contributed by atoms with E-state index in [0.717, 1.165) is 24.2 Å².